The Morgan fingerprint density at radius 1 is 0.944 bits per heavy atom. The van der Waals surface area contributed by atoms with Gasteiger partial charge in [0.1, 0.15) is 0 Å². The maximum Gasteiger partial charge on any atom is 0.208 e. The molecule has 0 amide bonds. The van der Waals surface area contributed by atoms with Gasteiger partial charge in [0.05, 0.1) is 0 Å². The van der Waals surface area contributed by atoms with E-state index in [0.29, 0.717) is 0 Å². The van der Waals surface area contributed by atoms with Gasteiger partial charge in [0.15, 0.2) is 0 Å². The highest BCUT2D eigenvalue weighted by atomic mass is 35.5. The minimum atomic E-state index is 0.222. The van der Waals surface area contributed by atoms with Crippen LogP contribution in [-0.4, -0.2) is 5.75 Å². The van der Waals surface area contributed by atoms with Crippen LogP contribution >= 0.6 is 11.6 Å². The molecule has 0 unspecified atom stereocenters. The lowest BCUT2D eigenvalue weighted by Crippen LogP contribution is -1.85. The minimum Gasteiger partial charge on any atom is -0.285 e. The average molecular weight is 269 g/mol. The van der Waals surface area contributed by atoms with Gasteiger partial charge in [-0.2, -0.15) is 0 Å². The largest absolute Gasteiger partial charge is 0.285 e. The van der Waals surface area contributed by atoms with Crippen LogP contribution in [-0.2, 0) is 11.2 Å². The number of halogens is 1. The lowest BCUT2D eigenvalue weighted by molar-refractivity contribution is 0.569. The van der Waals surface area contributed by atoms with Crippen molar-refractivity contribution in [3.8, 4) is 0 Å². The lowest BCUT2D eigenvalue weighted by atomic mass is 10.0. The van der Waals surface area contributed by atoms with Gasteiger partial charge in [-0.25, -0.2) is 0 Å². The average Bonchev–Trinajstić information content (AvgIpc) is 2.40. The molecule has 0 atom stereocenters. The summed E-state index contributed by atoms with van der Waals surface area (Å²) in [5.74, 6) is 0.222. The van der Waals surface area contributed by atoms with Gasteiger partial charge in [-0.05, 0) is 30.0 Å². The standard InChI is InChI=1S/C15H24.CHClO/c1-2-3-4-5-6-7-9-12-15-13-10-8-11-14-15;2-1-3/h8,10-11,13-14H,2-7,9,12H2,1H3;1H. The van der Waals surface area contributed by atoms with E-state index in [1.807, 2.05) is 0 Å². The van der Waals surface area contributed by atoms with E-state index in [2.05, 4.69) is 48.9 Å². The number of hydrogen-bond acceptors (Lipinski definition) is 1. The van der Waals surface area contributed by atoms with Crippen molar-refractivity contribution >= 4 is 17.3 Å². The van der Waals surface area contributed by atoms with E-state index in [0.717, 1.165) is 0 Å². The van der Waals surface area contributed by atoms with Gasteiger partial charge in [-0.3, -0.25) is 4.79 Å². The van der Waals surface area contributed by atoms with E-state index >= 15 is 0 Å². The monoisotopic (exact) mass is 268 g/mol. The third-order valence-corrected chi connectivity index (χ3v) is 2.91. The molecule has 0 fully saturated rings. The van der Waals surface area contributed by atoms with Crippen molar-refractivity contribution in [2.45, 2.75) is 58.3 Å². The molecule has 0 spiro atoms. The van der Waals surface area contributed by atoms with E-state index in [9.17, 15) is 0 Å². The number of aryl methyl sites for hydroxylation is 1. The Morgan fingerprint density at radius 3 is 2.00 bits per heavy atom. The Kier molecular flexibility index (Phi) is 13.6. The van der Waals surface area contributed by atoms with Crippen molar-refractivity contribution < 1.29 is 4.79 Å². The topological polar surface area (TPSA) is 17.1 Å². The fourth-order valence-electron chi connectivity index (χ4n) is 1.93. The van der Waals surface area contributed by atoms with E-state index in [1.165, 1.54) is 56.9 Å². The summed E-state index contributed by atoms with van der Waals surface area (Å²) in [6, 6.07) is 10.8. The third kappa shape index (κ3) is 11.7. The highest BCUT2D eigenvalue weighted by Gasteiger charge is 1.92. The number of unbranched alkanes of at least 4 members (excludes halogenated alkanes) is 6. The Hall–Kier alpha value is -0.820. The summed E-state index contributed by atoms with van der Waals surface area (Å²) >= 11 is 4.32. The fourth-order valence-corrected chi connectivity index (χ4v) is 1.93. The molecule has 2 heteroatoms. The van der Waals surface area contributed by atoms with Gasteiger partial charge < -0.3 is 0 Å². The molecule has 0 aliphatic heterocycles. The van der Waals surface area contributed by atoms with E-state index < -0.39 is 0 Å². The molecule has 0 aliphatic carbocycles. The quantitative estimate of drug-likeness (QED) is 0.351. The Bertz CT molecular complexity index is 272. The van der Waals surface area contributed by atoms with Crippen molar-refractivity contribution in [1.29, 1.82) is 0 Å². The van der Waals surface area contributed by atoms with Crippen molar-refractivity contribution in [2.75, 3.05) is 0 Å². The maximum atomic E-state index is 8.57. The van der Waals surface area contributed by atoms with E-state index in [4.69, 9.17) is 4.79 Å². The summed E-state index contributed by atoms with van der Waals surface area (Å²) in [7, 11) is 0. The number of benzene rings is 1. The molecule has 1 aromatic rings. The summed E-state index contributed by atoms with van der Waals surface area (Å²) < 4.78 is 0. The first-order chi connectivity index (χ1) is 8.85. The molecule has 0 heterocycles. The summed E-state index contributed by atoms with van der Waals surface area (Å²) in [4.78, 5) is 8.57. The first-order valence-electron chi connectivity index (χ1n) is 6.93. The number of hydrogen-bond donors (Lipinski definition) is 0. The van der Waals surface area contributed by atoms with Crippen LogP contribution in [0.25, 0.3) is 0 Å². The highest BCUT2D eigenvalue weighted by Crippen LogP contribution is 2.10. The Morgan fingerprint density at radius 2 is 1.44 bits per heavy atom. The molecule has 0 N–H and O–H groups in total. The minimum absolute atomic E-state index is 0.222. The summed E-state index contributed by atoms with van der Waals surface area (Å²) in [5.41, 5.74) is 1.49. The molecule has 0 saturated carbocycles. The van der Waals surface area contributed by atoms with Gasteiger partial charge >= 0.3 is 0 Å². The molecular weight excluding hydrogens is 244 g/mol. The Labute approximate surface area is 117 Å². The van der Waals surface area contributed by atoms with Gasteiger partial charge in [-0.15, -0.1) is 0 Å². The summed E-state index contributed by atoms with van der Waals surface area (Å²) in [5, 5.41) is 0. The van der Waals surface area contributed by atoms with E-state index in [1.54, 1.807) is 0 Å². The molecule has 1 rings (SSSR count). The zero-order chi connectivity index (χ0) is 13.5. The second-order valence-corrected chi connectivity index (χ2v) is 4.62. The van der Waals surface area contributed by atoms with Crippen molar-refractivity contribution in [1.82, 2.24) is 0 Å². The van der Waals surface area contributed by atoms with Crippen molar-refractivity contribution in [3.05, 3.63) is 35.9 Å². The third-order valence-electron chi connectivity index (χ3n) is 2.91. The molecule has 1 aromatic carbocycles. The van der Waals surface area contributed by atoms with Crippen LogP contribution in [0.5, 0.6) is 0 Å². The SMILES string of the molecule is CCCCCCCCCc1ccccc1.O=CCl. The molecule has 0 bridgehead atoms. The van der Waals surface area contributed by atoms with Crippen LogP contribution in [0.2, 0.25) is 0 Å². The predicted octanol–water partition coefficient (Wildman–Crippen LogP) is 5.40. The number of carbonyl (C=O) groups is 1. The molecule has 0 aliphatic rings. The predicted molar refractivity (Wildman–Crippen MR) is 80.7 cm³/mol. The second kappa shape index (κ2) is 14.2. The first-order valence-corrected chi connectivity index (χ1v) is 7.36. The fraction of sp³-hybridized carbons (Fsp3) is 0.562. The lowest BCUT2D eigenvalue weighted by Gasteiger charge is -2.01. The van der Waals surface area contributed by atoms with Crippen LogP contribution in [0, 0.1) is 0 Å². The molecule has 102 valence electrons. The molecule has 0 aromatic heterocycles. The van der Waals surface area contributed by atoms with Crippen LogP contribution in [0.4, 0.5) is 0 Å². The normalized spacial score (nSPS) is 9.44. The van der Waals surface area contributed by atoms with Gasteiger partial charge in [0.2, 0.25) is 5.75 Å². The van der Waals surface area contributed by atoms with E-state index in [-0.39, 0.29) is 5.75 Å². The molecular formula is C16H25ClO. The zero-order valence-electron chi connectivity index (χ0n) is 11.4. The second-order valence-electron chi connectivity index (χ2n) is 4.45. The van der Waals surface area contributed by atoms with Crippen LogP contribution in [0.1, 0.15) is 57.4 Å². The molecule has 18 heavy (non-hydrogen) atoms. The number of carbonyl (C=O) groups excluding carboxylic acids is 1. The first kappa shape index (κ1) is 17.2. The zero-order valence-corrected chi connectivity index (χ0v) is 12.2. The summed E-state index contributed by atoms with van der Waals surface area (Å²) in [6.45, 7) is 2.27. The maximum absolute atomic E-state index is 8.57. The molecule has 0 radical (unpaired) electrons. The van der Waals surface area contributed by atoms with Gasteiger partial charge in [0, 0.05) is 0 Å². The summed E-state index contributed by atoms with van der Waals surface area (Å²) in [6.07, 6.45) is 11.1. The highest BCUT2D eigenvalue weighted by molar-refractivity contribution is 6.54. The van der Waals surface area contributed by atoms with Crippen LogP contribution in [0.3, 0.4) is 0 Å². The van der Waals surface area contributed by atoms with Crippen molar-refractivity contribution in [3.63, 3.8) is 0 Å². The Balaban J connectivity index is 0.000000873. The van der Waals surface area contributed by atoms with Gasteiger partial charge in [-0.1, -0.05) is 75.8 Å². The molecule has 1 nitrogen and oxygen atoms in total. The number of rotatable bonds is 8. The van der Waals surface area contributed by atoms with Gasteiger partial charge in [0.25, 0.3) is 0 Å². The smallest absolute Gasteiger partial charge is 0.208 e. The van der Waals surface area contributed by atoms with Crippen LogP contribution in [0.15, 0.2) is 30.3 Å². The van der Waals surface area contributed by atoms with Crippen LogP contribution < -0.4 is 0 Å². The van der Waals surface area contributed by atoms with Crippen molar-refractivity contribution in [2.24, 2.45) is 0 Å². The molecule has 0 saturated heterocycles.